The van der Waals surface area contributed by atoms with E-state index in [9.17, 15) is 4.79 Å². The smallest absolute Gasteiger partial charge is 0.293 e. The lowest BCUT2D eigenvalue weighted by molar-refractivity contribution is -0.133. The molecular formula is C7H12O2. The maximum Gasteiger partial charge on any atom is 0.293 e. The summed E-state index contributed by atoms with van der Waals surface area (Å²) < 4.78 is 4.68. The van der Waals surface area contributed by atoms with E-state index in [1.54, 1.807) is 6.08 Å². The molecule has 0 rings (SSSR count). The summed E-state index contributed by atoms with van der Waals surface area (Å²) in [4.78, 5) is 9.79. The third-order valence-corrected chi connectivity index (χ3v) is 1.13. The molecule has 1 atom stereocenters. The Morgan fingerprint density at radius 2 is 2.44 bits per heavy atom. The molecular weight excluding hydrogens is 116 g/mol. The van der Waals surface area contributed by atoms with Crippen LogP contribution in [0.15, 0.2) is 12.7 Å². The lowest BCUT2D eigenvalue weighted by atomic mass is 10.2. The predicted molar refractivity (Wildman–Crippen MR) is 36.0 cm³/mol. The van der Waals surface area contributed by atoms with Crippen molar-refractivity contribution in [2.45, 2.75) is 25.9 Å². The molecule has 0 saturated heterocycles. The molecule has 0 saturated carbocycles. The van der Waals surface area contributed by atoms with Gasteiger partial charge in [0.05, 0.1) is 0 Å². The molecule has 0 amide bonds. The van der Waals surface area contributed by atoms with Crippen molar-refractivity contribution in [3.05, 3.63) is 12.7 Å². The van der Waals surface area contributed by atoms with Gasteiger partial charge in [-0.05, 0) is 6.42 Å². The SMILES string of the molecule is C=CCC(CC)OC=O. The Morgan fingerprint density at radius 1 is 1.78 bits per heavy atom. The van der Waals surface area contributed by atoms with Gasteiger partial charge in [-0.1, -0.05) is 13.0 Å². The molecule has 0 bridgehead atoms. The number of carbonyl (C=O) groups excluding carboxylic acids is 1. The van der Waals surface area contributed by atoms with Crippen molar-refractivity contribution < 1.29 is 9.53 Å². The van der Waals surface area contributed by atoms with Crippen LogP contribution in [0.1, 0.15) is 19.8 Å². The van der Waals surface area contributed by atoms with E-state index in [-0.39, 0.29) is 6.10 Å². The van der Waals surface area contributed by atoms with Crippen molar-refractivity contribution >= 4 is 6.47 Å². The van der Waals surface area contributed by atoms with E-state index in [0.717, 1.165) is 12.8 Å². The van der Waals surface area contributed by atoms with Crippen LogP contribution in [0.4, 0.5) is 0 Å². The Bertz CT molecular complexity index is 78.9. The number of hydrogen-bond acceptors (Lipinski definition) is 2. The largest absolute Gasteiger partial charge is 0.464 e. The second-order valence-corrected chi connectivity index (χ2v) is 1.79. The Kier molecular flexibility index (Phi) is 4.88. The zero-order chi connectivity index (χ0) is 7.11. The van der Waals surface area contributed by atoms with Crippen LogP contribution in [0.2, 0.25) is 0 Å². The molecule has 2 heteroatoms. The highest BCUT2D eigenvalue weighted by Crippen LogP contribution is 2.01. The van der Waals surface area contributed by atoms with Crippen molar-refractivity contribution in [3.8, 4) is 0 Å². The fraction of sp³-hybridized carbons (Fsp3) is 0.571. The molecule has 0 aromatic carbocycles. The third kappa shape index (κ3) is 3.76. The molecule has 0 radical (unpaired) electrons. The molecule has 2 nitrogen and oxygen atoms in total. The number of carbonyl (C=O) groups is 1. The molecule has 0 fully saturated rings. The van der Waals surface area contributed by atoms with E-state index in [4.69, 9.17) is 0 Å². The van der Waals surface area contributed by atoms with Gasteiger partial charge in [-0.25, -0.2) is 0 Å². The monoisotopic (exact) mass is 128 g/mol. The summed E-state index contributed by atoms with van der Waals surface area (Å²) in [6.45, 7) is 5.99. The quantitative estimate of drug-likeness (QED) is 0.414. The number of ether oxygens (including phenoxy) is 1. The highest BCUT2D eigenvalue weighted by molar-refractivity contribution is 5.37. The van der Waals surface area contributed by atoms with Gasteiger partial charge >= 0.3 is 0 Å². The van der Waals surface area contributed by atoms with Crippen molar-refractivity contribution in [1.82, 2.24) is 0 Å². The van der Waals surface area contributed by atoms with Gasteiger partial charge in [-0.15, -0.1) is 6.58 Å². The Morgan fingerprint density at radius 3 is 2.78 bits per heavy atom. The summed E-state index contributed by atoms with van der Waals surface area (Å²) in [5, 5.41) is 0. The molecule has 0 aliphatic rings. The van der Waals surface area contributed by atoms with Gasteiger partial charge in [-0.3, -0.25) is 4.79 Å². The predicted octanol–water partition coefficient (Wildman–Crippen LogP) is 1.51. The van der Waals surface area contributed by atoms with Crippen LogP contribution in [0.5, 0.6) is 0 Å². The van der Waals surface area contributed by atoms with E-state index in [0.29, 0.717) is 6.47 Å². The van der Waals surface area contributed by atoms with Crippen LogP contribution in [0.25, 0.3) is 0 Å². The highest BCUT2D eigenvalue weighted by Gasteiger charge is 2.00. The van der Waals surface area contributed by atoms with Gasteiger partial charge < -0.3 is 4.74 Å². The molecule has 9 heavy (non-hydrogen) atoms. The molecule has 0 heterocycles. The summed E-state index contributed by atoms with van der Waals surface area (Å²) >= 11 is 0. The van der Waals surface area contributed by atoms with E-state index < -0.39 is 0 Å². The lowest BCUT2D eigenvalue weighted by Gasteiger charge is -2.08. The molecule has 0 aliphatic carbocycles. The maximum atomic E-state index is 9.79. The van der Waals surface area contributed by atoms with E-state index in [1.807, 2.05) is 6.92 Å². The topological polar surface area (TPSA) is 26.3 Å². The molecule has 0 aliphatic heterocycles. The highest BCUT2D eigenvalue weighted by atomic mass is 16.5. The number of rotatable bonds is 5. The standard InChI is InChI=1S/C7H12O2/c1-3-5-7(4-2)9-6-8/h3,6-7H,1,4-5H2,2H3. The van der Waals surface area contributed by atoms with Gasteiger partial charge in [-0.2, -0.15) is 0 Å². The summed E-state index contributed by atoms with van der Waals surface area (Å²) in [6.07, 6.45) is 3.37. The molecule has 0 N–H and O–H groups in total. The molecule has 0 spiro atoms. The summed E-state index contributed by atoms with van der Waals surface area (Å²) in [5.74, 6) is 0. The first-order valence-electron chi connectivity index (χ1n) is 3.05. The van der Waals surface area contributed by atoms with E-state index in [1.165, 1.54) is 0 Å². The first-order chi connectivity index (χ1) is 4.35. The van der Waals surface area contributed by atoms with Crippen LogP contribution < -0.4 is 0 Å². The van der Waals surface area contributed by atoms with Crippen LogP contribution >= 0.6 is 0 Å². The zero-order valence-electron chi connectivity index (χ0n) is 5.67. The fourth-order valence-corrected chi connectivity index (χ4v) is 0.583. The Labute approximate surface area is 55.5 Å². The normalized spacial score (nSPS) is 12.1. The minimum atomic E-state index is 0.0278. The third-order valence-electron chi connectivity index (χ3n) is 1.13. The average Bonchev–Trinajstić information content (AvgIpc) is 1.88. The summed E-state index contributed by atoms with van der Waals surface area (Å²) in [6, 6.07) is 0. The first-order valence-corrected chi connectivity index (χ1v) is 3.05. The minimum absolute atomic E-state index is 0.0278. The Hall–Kier alpha value is -0.790. The molecule has 0 aromatic rings. The van der Waals surface area contributed by atoms with Gasteiger partial charge in [0.15, 0.2) is 0 Å². The maximum absolute atomic E-state index is 9.79. The second-order valence-electron chi connectivity index (χ2n) is 1.79. The lowest BCUT2D eigenvalue weighted by Crippen LogP contribution is -2.08. The van der Waals surface area contributed by atoms with Gasteiger partial charge in [0, 0.05) is 6.42 Å². The van der Waals surface area contributed by atoms with Gasteiger partial charge in [0.25, 0.3) is 6.47 Å². The van der Waals surface area contributed by atoms with Gasteiger partial charge in [0.1, 0.15) is 6.10 Å². The molecule has 0 aromatic heterocycles. The Balaban J connectivity index is 3.39. The number of hydrogen-bond donors (Lipinski definition) is 0. The van der Waals surface area contributed by atoms with E-state index >= 15 is 0 Å². The zero-order valence-corrected chi connectivity index (χ0v) is 5.67. The molecule has 1 unspecified atom stereocenters. The first kappa shape index (κ1) is 8.21. The van der Waals surface area contributed by atoms with Crippen molar-refractivity contribution in [2.75, 3.05) is 0 Å². The minimum Gasteiger partial charge on any atom is -0.464 e. The van der Waals surface area contributed by atoms with Crippen LogP contribution in [-0.4, -0.2) is 12.6 Å². The van der Waals surface area contributed by atoms with Crippen molar-refractivity contribution in [1.29, 1.82) is 0 Å². The van der Waals surface area contributed by atoms with Crippen LogP contribution in [0.3, 0.4) is 0 Å². The fourth-order valence-electron chi connectivity index (χ4n) is 0.583. The van der Waals surface area contributed by atoms with E-state index in [2.05, 4.69) is 11.3 Å². The van der Waals surface area contributed by atoms with Crippen LogP contribution in [0, 0.1) is 0 Å². The summed E-state index contributed by atoms with van der Waals surface area (Å²) in [7, 11) is 0. The van der Waals surface area contributed by atoms with Crippen LogP contribution in [-0.2, 0) is 9.53 Å². The average molecular weight is 128 g/mol. The van der Waals surface area contributed by atoms with Crippen molar-refractivity contribution in [2.24, 2.45) is 0 Å². The van der Waals surface area contributed by atoms with Crippen molar-refractivity contribution in [3.63, 3.8) is 0 Å². The molecule has 52 valence electrons. The second kappa shape index (κ2) is 5.35. The summed E-state index contributed by atoms with van der Waals surface area (Å²) in [5.41, 5.74) is 0. The van der Waals surface area contributed by atoms with Gasteiger partial charge in [0.2, 0.25) is 0 Å².